The van der Waals surface area contributed by atoms with Crippen molar-refractivity contribution < 1.29 is 28.5 Å². The maximum Gasteiger partial charge on any atom is 0.240 e. The molecule has 0 saturated carbocycles. The SMILES string of the molecule is COCCCNC(=O)CN1C(=O)CS[C@@H](c2ccc3c(c2)OCO3)c2c(C(C)(C)C)nn(-c3ccc(OC)cc3)c21. The molecule has 218 valence electrons. The Hall–Kier alpha value is -3.70. The number of thioether (sulfide) groups is 1. The molecule has 10 nitrogen and oxygen atoms in total. The third-order valence-electron chi connectivity index (χ3n) is 6.96. The molecule has 2 aromatic carbocycles. The average molecular weight is 581 g/mol. The third kappa shape index (κ3) is 6.01. The first-order valence-corrected chi connectivity index (χ1v) is 14.6. The fourth-order valence-corrected chi connectivity index (χ4v) is 6.15. The Bertz CT molecular complexity index is 1420. The number of ether oxygens (including phenoxy) is 4. The Labute approximate surface area is 244 Å². The summed E-state index contributed by atoms with van der Waals surface area (Å²) in [6.07, 6.45) is 0.682. The monoisotopic (exact) mass is 580 g/mol. The largest absolute Gasteiger partial charge is 0.497 e. The molecular weight excluding hydrogens is 544 g/mol. The summed E-state index contributed by atoms with van der Waals surface area (Å²) < 4.78 is 23.5. The molecule has 2 amide bonds. The highest BCUT2D eigenvalue weighted by Gasteiger charge is 2.40. The molecule has 2 aliphatic heterocycles. The fraction of sp³-hybridized carbons (Fsp3) is 0.433. The van der Waals surface area contributed by atoms with E-state index in [2.05, 4.69) is 26.1 Å². The number of nitrogens with one attached hydrogen (secondary N) is 1. The molecule has 3 heterocycles. The van der Waals surface area contributed by atoms with Crippen LogP contribution in [0.5, 0.6) is 17.2 Å². The first-order valence-electron chi connectivity index (χ1n) is 13.6. The Morgan fingerprint density at radius 2 is 1.88 bits per heavy atom. The maximum absolute atomic E-state index is 13.8. The second kappa shape index (κ2) is 12.0. The van der Waals surface area contributed by atoms with E-state index in [1.165, 1.54) is 11.8 Å². The molecular formula is C30H36N4O6S. The van der Waals surface area contributed by atoms with Crippen LogP contribution in [0.15, 0.2) is 42.5 Å². The van der Waals surface area contributed by atoms with Gasteiger partial charge in [-0.15, -0.1) is 11.8 Å². The fourth-order valence-electron chi connectivity index (χ4n) is 4.96. The van der Waals surface area contributed by atoms with Crippen molar-refractivity contribution in [2.45, 2.75) is 37.9 Å². The van der Waals surface area contributed by atoms with Crippen LogP contribution in [0.1, 0.15) is 49.3 Å². The lowest BCUT2D eigenvalue weighted by molar-refractivity contribution is -0.122. The summed E-state index contributed by atoms with van der Waals surface area (Å²) >= 11 is 1.52. The van der Waals surface area contributed by atoms with Gasteiger partial charge in [0.05, 0.1) is 29.5 Å². The number of fused-ring (bicyclic) bond motifs is 2. The van der Waals surface area contributed by atoms with Gasteiger partial charge in [-0.05, 0) is 48.4 Å². The Morgan fingerprint density at radius 3 is 2.59 bits per heavy atom. The number of rotatable bonds is 9. The Balaban J connectivity index is 1.66. The second-order valence-corrected chi connectivity index (χ2v) is 12.0. The topological polar surface area (TPSA) is 104 Å². The van der Waals surface area contributed by atoms with Gasteiger partial charge in [0.25, 0.3) is 0 Å². The number of aromatic nitrogens is 2. The van der Waals surface area contributed by atoms with Gasteiger partial charge in [0, 0.05) is 31.2 Å². The smallest absolute Gasteiger partial charge is 0.240 e. The van der Waals surface area contributed by atoms with Crippen LogP contribution in [0.25, 0.3) is 5.69 Å². The van der Waals surface area contributed by atoms with E-state index in [9.17, 15) is 9.59 Å². The Morgan fingerprint density at radius 1 is 1.12 bits per heavy atom. The van der Waals surface area contributed by atoms with E-state index in [1.807, 2.05) is 42.5 Å². The summed E-state index contributed by atoms with van der Waals surface area (Å²) in [6.45, 7) is 7.37. The first-order chi connectivity index (χ1) is 19.7. The molecule has 11 heteroatoms. The number of nitrogens with zero attached hydrogens (tertiary/aromatic N) is 3. The molecule has 1 N–H and O–H groups in total. The van der Waals surface area contributed by atoms with Crippen LogP contribution >= 0.6 is 11.8 Å². The van der Waals surface area contributed by atoms with Crippen molar-refractivity contribution in [3.8, 4) is 22.9 Å². The van der Waals surface area contributed by atoms with Gasteiger partial charge in [0.1, 0.15) is 18.1 Å². The maximum atomic E-state index is 13.8. The molecule has 5 rings (SSSR count). The molecule has 0 unspecified atom stereocenters. The number of amides is 2. The summed E-state index contributed by atoms with van der Waals surface area (Å²) in [7, 11) is 3.24. The van der Waals surface area contributed by atoms with E-state index in [0.717, 1.165) is 22.5 Å². The van der Waals surface area contributed by atoms with Gasteiger partial charge in [0.2, 0.25) is 18.6 Å². The minimum atomic E-state index is -0.363. The molecule has 0 aliphatic carbocycles. The second-order valence-electron chi connectivity index (χ2n) is 10.9. The normalized spacial score (nSPS) is 16.4. The summed E-state index contributed by atoms with van der Waals surface area (Å²) in [6, 6.07) is 13.4. The number of carbonyl (C=O) groups is 2. The van der Waals surface area contributed by atoms with Crippen molar-refractivity contribution in [1.29, 1.82) is 0 Å². The van der Waals surface area contributed by atoms with Crippen LogP contribution in [0.4, 0.5) is 5.82 Å². The van der Waals surface area contributed by atoms with E-state index in [-0.39, 0.29) is 41.6 Å². The van der Waals surface area contributed by atoms with Crippen molar-refractivity contribution in [2.24, 2.45) is 0 Å². The number of anilines is 1. The highest BCUT2D eigenvalue weighted by Crippen LogP contribution is 2.49. The zero-order chi connectivity index (χ0) is 29.1. The summed E-state index contributed by atoms with van der Waals surface area (Å²) in [5, 5.41) is 7.81. The zero-order valence-corrected chi connectivity index (χ0v) is 24.9. The highest BCUT2D eigenvalue weighted by atomic mass is 32.2. The van der Waals surface area contributed by atoms with Gasteiger partial charge in [0.15, 0.2) is 11.5 Å². The highest BCUT2D eigenvalue weighted by molar-refractivity contribution is 8.00. The van der Waals surface area contributed by atoms with Crippen LogP contribution in [-0.2, 0) is 19.7 Å². The van der Waals surface area contributed by atoms with Gasteiger partial charge in [-0.1, -0.05) is 26.8 Å². The third-order valence-corrected chi connectivity index (χ3v) is 8.22. The minimum Gasteiger partial charge on any atom is -0.497 e. The van der Waals surface area contributed by atoms with Gasteiger partial charge in [-0.25, -0.2) is 4.68 Å². The molecule has 3 aromatic rings. The van der Waals surface area contributed by atoms with E-state index in [1.54, 1.807) is 23.8 Å². The van der Waals surface area contributed by atoms with Crippen molar-refractivity contribution in [3.63, 3.8) is 0 Å². The molecule has 41 heavy (non-hydrogen) atoms. The van der Waals surface area contributed by atoms with Gasteiger partial charge in [-0.2, -0.15) is 5.10 Å². The van der Waals surface area contributed by atoms with Crippen molar-refractivity contribution in [3.05, 3.63) is 59.3 Å². The van der Waals surface area contributed by atoms with Crippen LogP contribution in [0.3, 0.4) is 0 Å². The van der Waals surface area contributed by atoms with Gasteiger partial charge >= 0.3 is 0 Å². The lowest BCUT2D eigenvalue weighted by Crippen LogP contribution is -2.42. The van der Waals surface area contributed by atoms with E-state index in [4.69, 9.17) is 24.0 Å². The summed E-state index contributed by atoms with van der Waals surface area (Å²) in [4.78, 5) is 28.5. The van der Waals surface area contributed by atoms with Crippen molar-refractivity contribution in [2.75, 3.05) is 51.4 Å². The molecule has 0 spiro atoms. The first kappa shape index (κ1) is 28.8. The number of benzene rings is 2. The molecule has 0 fully saturated rings. The van der Waals surface area contributed by atoms with Crippen molar-refractivity contribution >= 4 is 29.4 Å². The van der Waals surface area contributed by atoms with Crippen LogP contribution in [0.2, 0.25) is 0 Å². The molecule has 0 bridgehead atoms. The van der Waals surface area contributed by atoms with E-state index in [0.29, 0.717) is 42.6 Å². The van der Waals surface area contributed by atoms with Crippen molar-refractivity contribution in [1.82, 2.24) is 15.1 Å². The number of carbonyl (C=O) groups excluding carboxylic acids is 2. The number of hydrogen-bond acceptors (Lipinski definition) is 8. The average Bonchev–Trinajstić information content (AvgIpc) is 3.56. The quantitative estimate of drug-likeness (QED) is 0.375. The Kier molecular flexibility index (Phi) is 8.46. The molecule has 2 aliphatic rings. The molecule has 0 radical (unpaired) electrons. The van der Waals surface area contributed by atoms with E-state index < -0.39 is 0 Å². The van der Waals surface area contributed by atoms with Gasteiger partial charge in [-0.3, -0.25) is 14.5 Å². The van der Waals surface area contributed by atoms with Gasteiger partial charge < -0.3 is 24.3 Å². The number of hydrogen-bond donors (Lipinski definition) is 1. The predicted octanol–water partition coefficient (Wildman–Crippen LogP) is 4.23. The molecule has 0 saturated heterocycles. The minimum absolute atomic E-state index is 0.126. The van der Waals surface area contributed by atoms with Crippen LogP contribution < -0.4 is 24.4 Å². The predicted molar refractivity (Wildman–Crippen MR) is 158 cm³/mol. The molecule has 1 atom stereocenters. The van der Waals surface area contributed by atoms with Crippen LogP contribution in [0, 0.1) is 0 Å². The number of methoxy groups -OCH3 is 2. The lowest BCUT2D eigenvalue weighted by Gasteiger charge is -2.24. The standard InChI is InChI=1S/C30H36N4O6S/c1-30(2,3)28-26-27(19-7-12-22-23(15-19)40-18-39-22)41-17-25(36)33(16-24(35)31-13-6-14-37-4)29(26)34(32-28)20-8-10-21(38-5)11-9-20/h7-12,15,27H,6,13-14,16-18H2,1-5H3,(H,31,35)/t27-/m0/s1. The van der Waals surface area contributed by atoms with E-state index >= 15 is 0 Å². The lowest BCUT2D eigenvalue weighted by atomic mass is 9.87. The summed E-state index contributed by atoms with van der Waals surface area (Å²) in [5.74, 6) is 2.45. The zero-order valence-electron chi connectivity index (χ0n) is 24.1. The van der Waals surface area contributed by atoms with Crippen LogP contribution in [-0.4, -0.2) is 68.1 Å². The molecule has 1 aromatic heterocycles. The summed E-state index contributed by atoms with van der Waals surface area (Å²) in [5.41, 5.74) is 3.11.